The summed E-state index contributed by atoms with van der Waals surface area (Å²) >= 11 is 0. The molecule has 5 aromatic rings. The molecule has 1 saturated heterocycles. The van der Waals surface area contributed by atoms with Crippen molar-refractivity contribution in [3.05, 3.63) is 89.9 Å². The number of para-hydroxylation sites is 2. The summed E-state index contributed by atoms with van der Waals surface area (Å²) in [6.07, 6.45) is 7.00. The van der Waals surface area contributed by atoms with Gasteiger partial charge >= 0.3 is 5.69 Å². The van der Waals surface area contributed by atoms with Crippen molar-refractivity contribution >= 4 is 22.5 Å². The lowest BCUT2D eigenvalue weighted by molar-refractivity contribution is -0.132. The molecule has 1 aliphatic rings. The second-order valence-corrected chi connectivity index (χ2v) is 8.89. The number of hydrogen-bond acceptors (Lipinski definition) is 3. The molecule has 1 amide bonds. The zero-order chi connectivity index (χ0) is 23.9. The SMILES string of the molecule is O=C(Cn1c(=O)n(-c2ccc(-c3cccn4cncc34)cc2)c2ccccc21)N1CCCC1CF. The van der Waals surface area contributed by atoms with Crippen molar-refractivity contribution in [2.75, 3.05) is 13.2 Å². The molecule has 1 unspecified atom stereocenters. The van der Waals surface area contributed by atoms with Crippen LogP contribution in [0.4, 0.5) is 4.39 Å². The van der Waals surface area contributed by atoms with Crippen LogP contribution in [-0.2, 0) is 11.3 Å². The topological polar surface area (TPSA) is 64.5 Å². The van der Waals surface area contributed by atoms with E-state index in [1.165, 1.54) is 4.57 Å². The largest absolute Gasteiger partial charge is 0.336 e. The van der Waals surface area contributed by atoms with E-state index in [4.69, 9.17) is 0 Å². The number of imidazole rings is 2. The zero-order valence-electron chi connectivity index (χ0n) is 19.0. The van der Waals surface area contributed by atoms with Crippen molar-refractivity contribution < 1.29 is 9.18 Å². The molecule has 0 spiro atoms. The van der Waals surface area contributed by atoms with Crippen molar-refractivity contribution in [3.63, 3.8) is 0 Å². The lowest BCUT2D eigenvalue weighted by Gasteiger charge is -2.22. The van der Waals surface area contributed by atoms with E-state index in [1.54, 1.807) is 15.8 Å². The molecule has 6 rings (SSSR count). The predicted molar refractivity (Wildman–Crippen MR) is 132 cm³/mol. The van der Waals surface area contributed by atoms with Crippen LogP contribution in [0.3, 0.4) is 0 Å². The van der Waals surface area contributed by atoms with E-state index in [2.05, 4.69) is 4.98 Å². The molecule has 0 bridgehead atoms. The highest BCUT2D eigenvalue weighted by Crippen LogP contribution is 2.26. The zero-order valence-corrected chi connectivity index (χ0v) is 19.0. The van der Waals surface area contributed by atoms with Crippen LogP contribution in [0.2, 0.25) is 0 Å². The van der Waals surface area contributed by atoms with Crippen molar-refractivity contribution in [2.24, 2.45) is 0 Å². The Balaban J connectivity index is 1.39. The van der Waals surface area contributed by atoms with Crippen LogP contribution in [0.1, 0.15) is 12.8 Å². The average Bonchev–Trinajstić information content (AvgIpc) is 3.62. The van der Waals surface area contributed by atoms with Gasteiger partial charge in [0.25, 0.3) is 0 Å². The molecule has 176 valence electrons. The Morgan fingerprint density at radius 1 is 1.00 bits per heavy atom. The van der Waals surface area contributed by atoms with Gasteiger partial charge in [0.1, 0.15) is 13.2 Å². The van der Waals surface area contributed by atoms with Crippen LogP contribution in [0.25, 0.3) is 33.4 Å². The lowest BCUT2D eigenvalue weighted by Crippen LogP contribution is -2.40. The van der Waals surface area contributed by atoms with E-state index in [1.807, 2.05) is 77.5 Å². The molecule has 0 radical (unpaired) electrons. The third-order valence-electron chi connectivity index (χ3n) is 6.89. The molecule has 8 heteroatoms. The first-order chi connectivity index (χ1) is 17.2. The first-order valence-electron chi connectivity index (χ1n) is 11.7. The first-order valence-corrected chi connectivity index (χ1v) is 11.7. The molecule has 0 N–H and O–H groups in total. The second kappa shape index (κ2) is 8.54. The van der Waals surface area contributed by atoms with Gasteiger partial charge in [-0.15, -0.1) is 0 Å². The van der Waals surface area contributed by atoms with E-state index < -0.39 is 6.67 Å². The predicted octanol–water partition coefficient (Wildman–Crippen LogP) is 4.07. The maximum absolute atomic E-state index is 13.6. The fourth-order valence-electron chi connectivity index (χ4n) is 5.14. The molecule has 1 aliphatic heterocycles. The van der Waals surface area contributed by atoms with Crippen LogP contribution in [0.5, 0.6) is 0 Å². The number of rotatable bonds is 5. The van der Waals surface area contributed by atoms with Crippen molar-refractivity contribution in [1.82, 2.24) is 23.4 Å². The number of benzene rings is 2. The highest BCUT2D eigenvalue weighted by atomic mass is 19.1. The van der Waals surface area contributed by atoms with Gasteiger partial charge in [-0.1, -0.05) is 30.3 Å². The summed E-state index contributed by atoms with van der Waals surface area (Å²) in [6.45, 7) is -0.127. The Labute approximate surface area is 200 Å². The highest BCUT2D eigenvalue weighted by Gasteiger charge is 2.29. The van der Waals surface area contributed by atoms with Crippen molar-refractivity contribution in [2.45, 2.75) is 25.4 Å². The molecule has 7 nitrogen and oxygen atoms in total. The molecule has 4 heterocycles. The van der Waals surface area contributed by atoms with E-state index in [0.717, 1.165) is 28.6 Å². The summed E-state index contributed by atoms with van der Waals surface area (Å²) in [7, 11) is 0. The normalized spacial score (nSPS) is 15.9. The molecule has 1 atom stereocenters. The maximum atomic E-state index is 13.6. The first kappa shape index (κ1) is 21.3. The smallest absolute Gasteiger partial charge is 0.334 e. The maximum Gasteiger partial charge on any atom is 0.334 e. The fourth-order valence-corrected chi connectivity index (χ4v) is 5.14. The number of halogens is 1. The van der Waals surface area contributed by atoms with Gasteiger partial charge in [-0.25, -0.2) is 14.2 Å². The monoisotopic (exact) mass is 469 g/mol. The van der Waals surface area contributed by atoms with Crippen LogP contribution in [-0.4, -0.2) is 48.6 Å². The van der Waals surface area contributed by atoms with Gasteiger partial charge < -0.3 is 9.30 Å². The van der Waals surface area contributed by atoms with Gasteiger partial charge in [-0.2, -0.15) is 0 Å². The number of amides is 1. The molecular formula is C27H24FN5O2. The van der Waals surface area contributed by atoms with Gasteiger partial charge in [-0.05, 0) is 48.7 Å². The minimum atomic E-state index is -0.554. The fraction of sp³-hybridized carbons (Fsp3) is 0.222. The number of nitrogens with zero attached hydrogens (tertiary/aromatic N) is 5. The minimum absolute atomic E-state index is 0.107. The highest BCUT2D eigenvalue weighted by molar-refractivity contribution is 5.83. The Kier molecular flexibility index (Phi) is 5.21. The van der Waals surface area contributed by atoms with Gasteiger partial charge in [-0.3, -0.25) is 13.9 Å². The van der Waals surface area contributed by atoms with E-state index in [0.29, 0.717) is 24.2 Å². The van der Waals surface area contributed by atoms with E-state index >= 15 is 0 Å². The summed E-state index contributed by atoms with van der Waals surface area (Å²) in [6, 6.07) is 18.9. The number of aromatic nitrogens is 4. The summed E-state index contributed by atoms with van der Waals surface area (Å²) in [5.74, 6) is -0.223. The number of carbonyl (C=O) groups is 1. The number of alkyl halides is 1. The number of likely N-dealkylation sites (tertiary alicyclic amines) is 1. The molecular weight excluding hydrogens is 445 g/mol. The van der Waals surface area contributed by atoms with Crippen LogP contribution in [0.15, 0.2) is 84.2 Å². The summed E-state index contributed by atoms with van der Waals surface area (Å²) < 4.78 is 18.4. The molecule has 1 fully saturated rings. The van der Waals surface area contributed by atoms with Crippen LogP contribution < -0.4 is 5.69 Å². The third kappa shape index (κ3) is 3.53. The summed E-state index contributed by atoms with van der Waals surface area (Å²) in [4.78, 5) is 32.4. The Morgan fingerprint density at radius 2 is 1.80 bits per heavy atom. The van der Waals surface area contributed by atoms with Crippen LogP contribution in [0, 0.1) is 0 Å². The van der Waals surface area contributed by atoms with Gasteiger partial charge in [0.05, 0.1) is 40.8 Å². The van der Waals surface area contributed by atoms with Gasteiger partial charge in [0.2, 0.25) is 5.91 Å². The number of carbonyl (C=O) groups excluding carboxylic acids is 1. The molecule has 2 aromatic carbocycles. The van der Waals surface area contributed by atoms with Crippen LogP contribution >= 0.6 is 0 Å². The van der Waals surface area contributed by atoms with E-state index in [9.17, 15) is 14.0 Å². The molecule has 0 aliphatic carbocycles. The van der Waals surface area contributed by atoms with Gasteiger partial charge in [0, 0.05) is 18.3 Å². The molecule has 35 heavy (non-hydrogen) atoms. The van der Waals surface area contributed by atoms with E-state index in [-0.39, 0.29) is 24.2 Å². The summed E-state index contributed by atoms with van der Waals surface area (Å²) in [5.41, 5.74) is 4.88. The summed E-state index contributed by atoms with van der Waals surface area (Å²) in [5, 5.41) is 0. The number of hydrogen-bond donors (Lipinski definition) is 0. The van der Waals surface area contributed by atoms with Crippen molar-refractivity contribution in [1.29, 1.82) is 0 Å². The molecule has 0 saturated carbocycles. The Bertz CT molecular complexity index is 1600. The third-order valence-corrected chi connectivity index (χ3v) is 6.89. The number of fused-ring (bicyclic) bond motifs is 2. The Morgan fingerprint density at radius 3 is 2.60 bits per heavy atom. The lowest BCUT2D eigenvalue weighted by atomic mass is 10.1. The van der Waals surface area contributed by atoms with Crippen molar-refractivity contribution in [3.8, 4) is 16.8 Å². The Hall–Kier alpha value is -4.20. The number of pyridine rings is 1. The molecule has 3 aromatic heterocycles. The standard InChI is InChI=1S/C27H24FN5O2/c28-15-21-5-3-14-31(21)26(34)17-32-23-7-1-2-8-24(23)33(27(32)35)20-11-9-19(10-12-20)22-6-4-13-30-18-29-16-25(22)30/h1-2,4,6-13,16,18,21H,3,5,14-15,17H2. The van der Waals surface area contributed by atoms with Gasteiger partial charge in [0.15, 0.2) is 0 Å². The second-order valence-electron chi connectivity index (χ2n) is 8.89. The average molecular weight is 470 g/mol. The quantitative estimate of drug-likeness (QED) is 0.390. The minimum Gasteiger partial charge on any atom is -0.336 e.